The molecule has 3 rings (SSSR count). The average Bonchev–Trinajstić information content (AvgIpc) is 3.13. The quantitative estimate of drug-likeness (QED) is 0.574. The van der Waals surface area contributed by atoms with Gasteiger partial charge in [-0.1, -0.05) is 40.6 Å². The summed E-state index contributed by atoms with van der Waals surface area (Å²) >= 11 is 13.4. The molecule has 2 aromatic heterocycles. The van der Waals surface area contributed by atoms with E-state index in [9.17, 15) is 9.90 Å². The normalized spacial score (nSPS) is 11.8. The lowest BCUT2D eigenvalue weighted by atomic mass is 10.1. The summed E-state index contributed by atoms with van der Waals surface area (Å²) in [5.74, 6) is 0.170. The molecule has 134 valence electrons. The standard InChI is InChI=1S/C16H13Cl2N5O2S/c17-10-2-1-3-11(18)14(10)12(24)7-20-13-5-4-9(6-19-13)15(25)22-16-23-21-8-26-16/h1-6,8,12,24H,7H2,(H,19,20)(H,22,23,25). The van der Waals surface area contributed by atoms with E-state index in [1.54, 1.807) is 30.3 Å². The Bertz CT molecular complexity index is 870. The Morgan fingerprint density at radius 1 is 1.23 bits per heavy atom. The highest BCUT2D eigenvalue weighted by atomic mass is 35.5. The van der Waals surface area contributed by atoms with Gasteiger partial charge in [-0.2, -0.15) is 0 Å². The van der Waals surface area contributed by atoms with Crippen LogP contribution >= 0.6 is 34.5 Å². The molecule has 1 aromatic carbocycles. The minimum Gasteiger partial charge on any atom is -0.386 e. The molecule has 0 aliphatic carbocycles. The first-order valence-corrected chi connectivity index (χ1v) is 9.07. The number of aromatic nitrogens is 3. The minimum absolute atomic E-state index is 0.160. The number of nitrogens with zero attached hydrogens (tertiary/aromatic N) is 3. The molecule has 0 bridgehead atoms. The summed E-state index contributed by atoms with van der Waals surface area (Å²) in [5.41, 5.74) is 2.36. The van der Waals surface area contributed by atoms with Gasteiger partial charge in [0.15, 0.2) is 0 Å². The topological polar surface area (TPSA) is 100 Å². The van der Waals surface area contributed by atoms with Gasteiger partial charge in [0.25, 0.3) is 5.91 Å². The predicted octanol–water partition coefficient (Wildman–Crippen LogP) is 3.64. The summed E-state index contributed by atoms with van der Waals surface area (Å²) in [4.78, 5) is 16.2. The second-order valence-electron chi connectivity index (χ2n) is 5.16. The van der Waals surface area contributed by atoms with Gasteiger partial charge in [0.05, 0.1) is 11.7 Å². The molecule has 0 fully saturated rings. The van der Waals surface area contributed by atoms with Gasteiger partial charge >= 0.3 is 0 Å². The van der Waals surface area contributed by atoms with Crippen LogP contribution in [-0.2, 0) is 0 Å². The number of halogens is 2. The Hall–Kier alpha value is -2.26. The Morgan fingerprint density at radius 3 is 2.62 bits per heavy atom. The molecule has 1 unspecified atom stereocenters. The molecule has 26 heavy (non-hydrogen) atoms. The number of pyridine rings is 1. The van der Waals surface area contributed by atoms with E-state index in [2.05, 4.69) is 25.8 Å². The first kappa shape index (κ1) is 18.5. The maximum absolute atomic E-state index is 12.0. The zero-order valence-electron chi connectivity index (χ0n) is 13.2. The molecule has 2 heterocycles. The van der Waals surface area contributed by atoms with Crippen molar-refractivity contribution in [2.45, 2.75) is 6.10 Å². The van der Waals surface area contributed by atoms with Crippen molar-refractivity contribution >= 4 is 51.4 Å². The van der Waals surface area contributed by atoms with Gasteiger partial charge in [0.1, 0.15) is 11.3 Å². The molecule has 0 aliphatic heterocycles. The van der Waals surface area contributed by atoms with Crippen molar-refractivity contribution in [2.24, 2.45) is 0 Å². The molecule has 0 saturated carbocycles. The van der Waals surface area contributed by atoms with E-state index in [4.69, 9.17) is 23.2 Å². The van der Waals surface area contributed by atoms with Gasteiger partial charge in [0, 0.05) is 28.4 Å². The van der Waals surface area contributed by atoms with Crippen molar-refractivity contribution in [3.05, 3.63) is 63.2 Å². The third-order valence-electron chi connectivity index (χ3n) is 3.42. The van der Waals surface area contributed by atoms with Gasteiger partial charge in [-0.15, -0.1) is 10.2 Å². The predicted molar refractivity (Wildman–Crippen MR) is 102 cm³/mol. The molecule has 0 aliphatic rings. The highest BCUT2D eigenvalue weighted by Crippen LogP contribution is 2.30. The van der Waals surface area contributed by atoms with Crippen molar-refractivity contribution in [3.63, 3.8) is 0 Å². The van der Waals surface area contributed by atoms with E-state index in [1.807, 2.05) is 0 Å². The second-order valence-corrected chi connectivity index (χ2v) is 6.81. The van der Waals surface area contributed by atoms with Crippen LogP contribution in [0.2, 0.25) is 10.0 Å². The van der Waals surface area contributed by atoms with Crippen molar-refractivity contribution in [1.82, 2.24) is 15.2 Å². The Morgan fingerprint density at radius 2 is 2.00 bits per heavy atom. The van der Waals surface area contributed by atoms with Crippen LogP contribution < -0.4 is 10.6 Å². The molecule has 0 saturated heterocycles. The number of benzene rings is 1. The Kier molecular flexibility index (Phi) is 6.00. The molecule has 1 atom stereocenters. The molecule has 3 aromatic rings. The van der Waals surface area contributed by atoms with E-state index in [0.717, 1.165) is 0 Å². The van der Waals surface area contributed by atoms with Crippen LogP contribution in [0.4, 0.5) is 10.9 Å². The van der Waals surface area contributed by atoms with Gasteiger partial charge in [0.2, 0.25) is 5.13 Å². The Labute approximate surface area is 163 Å². The number of rotatable bonds is 6. The monoisotopic (exact) mass is 409 g/mol. The smallest absolute Gasteiger partial charge is 0.259 e. The lowest BCUT2D eigenvalue weighted by Crippen LogP contribution is -2.15. The zero-order valence-corrected chi connectivity index (χ0v) is 15.5. The highest BCUT2D eigenvalue weighted by Gasteiger charge is 2.15. The molecular formula is C16H13Cl2N5O2S. The molecule has 0 radical (unpaired) electrons. The first-order chi connectivity index (χ1) is 12.5. The molecular weight excluding hydrogens is 397 g/mol. The second kappa shape index (κ2) is 8.41. The fraction of sp³-hybridized carbons (Fsp3) is 0.125. The number of carbonyl (C=O) groups is 1. The van der Waals surface area contributed by atoms with Gasteiger partial charge in [-0.3, -0.25) is 10.1 Å². The number of nitrogens with one attached hydrogen (secondary N) is 2. The number of amides is 1. The third kappa shape index (κ3) is 4.47. The highest BCUT2D eigenvalue weighted by molar-refractivity contribution is 7.13. The third-order valence-corrected chi connectivity index (χ3v) is 4.68. The molecule has 0 spiro atoms. The average molecular weight is 410 g/mol. The summed E-state index contributed by atoms with van der Waals surface area (Å²) in [6.07, 6.45) is 0.520. The molecule has 7 nitrogen and oxygen atoms in total. The van der Waals surface area contributed by atoms with Gasteiger partial charge < -0.3 is 10.4 Å². The number of carbonyl (C=O) groups excluding carboxylic acids is 1. The van der Waals surface area contributed by atoms with E-state index >= 15 is 0 Å². The van der Waals surface area contributed by atoms with Crippen LogP contribution in [0.5, 0.6) is 0 Å². The van der Waals surface area contributed by atoms with Crippen LogP contribution in [0, 0.1) is 0 Å². The van der Waals surface area contributed by atoms with E-state index in [0.29, 0.717) is 32.1 Å². The van der Waals surface area contributed by atoms with Crippen molar-refractivity contribution in [1.29, 1.82) is 0 Å². The van der Waals surface area contributed by atoms with Gasteiger partial charge in [-0.05, 0) is 24.3 Å². The summed E-state index contributed by atoms with van der Waals surface area (Å²) in [6, 6.07) is 8.28. The van der Waals surface area contributed by atoms with Crippen LogP contribution in [0.1, 0.15) is 22.0 Å². The molecule has 10 heteroatoms. The number of anilines is 2. The lowest BCUT2D eigenvalue weighted by molar-refractivity contribution is 0.102. The first-order valence-electron chi connectivity index (χ1n) is 7.44. The lowest BCUT2D eigenvalue weighted by Gasteiger charge is -2.15. The molecule has 3 N–H and O–H groups in total. The number of aliphatic hydroxyl groups excluding tert-OH is 1. The summed E-state index contributed by atoms with van der Waals surface area (Å²) in [7, 11) is 0. The number of hydrogen-bond acceptors (Lipinski definition) is 7. The summed E-state index contributed by atoms with van der Waals surface area (Å²) in [5, 5.41) is 24.5. The van der Waals surface area contributed by atoms with Crippen LogP contribution in [0.25, 0.3) is 0 Å². The van der Waals surface area contributed by atoms with E-state index in [1.165, 1.54) is 23.0 Å². The maximum atomic E-state index is 12.0. The van der Waals surface area contributed by atoms with Crippen LogP contribution in [-0.4, -0.2) is 32.7 Å². The number of aliphatic hydroxyl groups is 1. The minimum atomic E-state index is -0.904. The largest absolute Gasteiger partial charge is 0.386 e. The summed E-state index contributed by atoms with van der Waals surface area (Å²) in [6.45, 7) is 0.160. The van der Waals surface area contributed by atoms with Gasteiger partial charge in [-0.25, -0.2) is 4.98 Å². The fourth-order valence-corrected chi connectivity index (χ4v) is 3.25. The summed E-state index contributed by atoms with van der Waals surface area (Å²) < 4.78 is 0. The van der Waals surface area contributed by atoms with E-state index < -0.39 is 6.10 Å². The zero-order chi connectivity index (χ0) is 18.5. The Balaban J connectivity index is 1.60. The fourth-order valence-electron chi connectivity index (χ4n) is 2.16. The maximum Gasteiger partial charge on any atom is 0.259 e. The van der Waals surface area contributed by atoms with Crippen molar-refractivity contribution in [2.75, 3.05) is 17.2 Å². The molecule has 1 amide bonds. The van der Waals surface area contributed by atoms with E-state index in [-0.39, 0.29) is 12.5 Å². The SMILES string of the molecule is O=C(Nc1nncs1)c1ccc(NCC(O)c2c(Cl)cccc2Cl)nc1. The van der Waals surface area contributed by atoms with Crippen LogP contribution in [0.15, 0.2) is 42.0 Å². The van der Waals surface area contributed by atoms with Crippen LogP contribution in [0.3, 0.4) is 0 Å². The van der Waals surface area contributed by atoms with Crippen molar-refractivity contribution < 1.29 is 9.90 Å². The number of hydrogen-bond donors (Lipinski definition) is 3. The van der Waals surface area contributed by atoms with Crippen molar-refractivity contribution in [3.8, 4) is 0 Å².